The highest BCUT2D eigenvalue weighted by Gasteiger charge is 2.11. The number of rotatable bonds is 7. The largest absolute Gasteiger partial charge is 0.496 e. The van der Waals surface area contributed by atoms with Crippen LogP contribution in [0.4, 0.5) is 5.13 Å². The van der Waals surface area contributed by atoms with Crippen LogP contribution in [0.5, 0.6) is 5.75 Å². The molecule has 1 aromatic carbocycles. The van der Waals surface area contributed by atoms with Gasteiger partial charge < -0.3 is 19.8 Å². The fraction of sp³-hybridized carbons (Fsp3) is 0.167. The standard InChI is InChI=1S/C18H16BrN3O4S/c1-25-14-5-4-11(9-12(14)19)13-10-27-18(21-13)22-16(23)6-7-20-17(24)15-3-2-8-26-15/h2-5,8-10H,6-7H2,1H3,(H,20,24)(H,21,22,23). The van der Waals surface area contributed by atoms with Crippen molar-refractivity contribution in [2.24, 2.45) is 0 Å². The van der Waals surface area contributed by atoms with E-state index in [2.05, 4.69) is 31.5 Å². The van der Waals surface area contributed by atoms with E-state index in [1.807, 2.05) is 23.6 Å². The molecule has 2 amide bonds. The highest BCUT2D eigenvalue weighted by Crippen LogP contribution is 2.32. The van der Waals surface area contributed by atoms with Crippen LogP contribution >= 0.6 is 27.3 Å². The van der Waals surface area contributed by atoms with Gasteiger partial charge in [-0.1, -0.05) is 0 Å². The summed E-state index contributed by atoms with van der Waals surface area (Å²) in [4.78, 5) is 28.2. The maximum Gasteiger partial charge on any atom is 0.286 e. The Morgan fingerprint density at radius 2 is 2.19 bits per heavy atom. The molecular formula is C18H16BrN3O4S. The number of thiazole rings is 1. The van der Waals surface area contributed by atoms with Gasteiger partial charge in [0.15, 0.2) is 10.9 Å². The predicted octanol–water partition coefficient (Wildman–Crippen LogP) is 3.93. The second-order valence-electron chi connectivity index (χ2n) is 5.42. The molecular weight excluding hydrogens is 434 g/mol. The van der Waals surface area contributed by atoms with Gasteiger partial charge in [0.2, 0.25) is 5.91 Å². The van der Waals surface area contributed by atoms with Crippen LogP contribution in [-0.4, -0.2) is 30.5 Å². The third-order valence-corrected chi connectivity index (χ3v) is 4.96. The molecule has 0 saturated carbocycles. The van der Waals surface area contributed by atoms with Crippen molar-refractivity contribution in [1.29, 1.82) is 0 Å². The Bertz CT molecular complexity index is 940. The molecule has 2 aromatic heterocycles. The zero-order chi connectivity index (χ0) is 19.2. The first-order valence-electron chi connectivity index (χ1n) is 7.98. The molecule has 0 aliphatic carbocycles. The minimum absolute atomic E-state index is 0.134. The molecule has 2 heterocycles. The number of hydrogen-bond acceptors (Lipinski definition) is 6. The van der Waals surface area contributed by atoms with E-state index in [0.29, 0.717) is 5.13 Å². The summed E-state index contributed by atoms with van der Waals surface area (Å²) < 4.78 is 11.0. The van der Waals surface area contributed by atoms with Gasteiger partial charge in [-0.3, -0.25) is 9.59 Å². The first kappa shape index (κ1) is 19.1. The molecule has 0 aliphatic rings. The fourth-order valence-electron chi connectivity index (χ4n) is 2.26. The summed E-state index contributed by atoms with van der Waals surface area (Å²) in [5.74, 6) is 0.366. The van der Waals surface area contributed by atoms with Crippen molar-refractivity contribution in [2.45, 2.75) is 6.42 Å². The number of benzene rings is 1. The van der Waals surface area contributed by atoms with Gasteiger partial charge in [0.1, 0.15) is 5.75 Å². The first-order valence-corrected chi connectivity index (χ1v) is 9.65. The Kier molecular flexibility index (Phi) is 6.25. The van der Waals surface area contributed by atoms with Crippen LogP contribution in [0, 0.1) is 0 Å². The van der Waals surface area contributed by atoms with Gasteiger partial charge in [-0.2, -0.15) is 0 Å². The number of carbonyl (C=O) groups is 2. The van der Waals surface area contributed by atoms with Crippen molar-refractivity contribution in [2.75, 3.05) is 19.0 Å². The quantitative estimate of drug-likeness (QED) is 0.569. The third-order valence-electron chi connectivity index (χ3n) is 3.58. The lowest BCUT2D eigenvalue weighted by Gasteiger charge is -2.05. The first-order chi connectivity index (χ1) is 13.1. The summed E-state index contributed by atoms with van der Waals surface area (Å²) in [5.41, 5.74) is 1.66. The van der Waals surface area contributed by atoms with Gasteiger partial charge >= 0.3 is 0 Å². The molecule has 2 N–H and O–H groups in total. The maximum atomic E-state index is 12.0. The number of methoxy groups -OCH3 is 1. The zero-order valence-electron chi connectivity index (χ0n) is 14.3. The second-order valence-corrected chi connectivity index (χ2v) is 7.13. The highest BCUT2D eigenvalue weighted by molar-refractivity contribution is 9.10. The minimum Gasteiger partial charge on any atom is -0.496 e. The lowest BCUT2D eigenvalue weighted by atomic mass is 10.2. The van der Waals surface area contributed by atoms with E-state index in [0.717, 1.165) is 21.5 Å². The average molecular weight is 450 g/mol. The lowest BCUT2D eigenvalue weighted by molar-refractivity contribution is -0.116. The molecule has 140 valence electrons. The Labute approximate surface area is 167 Å². The normalized spacial score (nSPS) is 10.4. The average Bonchev–Trinajstić information content (AvgIpc) is 3.33. The smallest absolute Gasteiger partial charge is 0.286 e. The van der Waals surface area contributed by atoms with Gasteiger partial charge in [0.05, 0.1) is 23.5 Å². The van der Waals surface area contributed by atoms with E-state index in [-0.39, 0.29) is 30.5 Å². The van der Waals surface area contributed by atoms with Gasteiger partial charge in [0.25, 0.3) is 5.91 Å². The van der Waals surface area contributed by atoms with Crippen LogP contribution in [0.1, 0.15) is 17.0 Å². The number of carbonyl (C=O) groups excluding carboxylic acids is 2. The van der Waals surface area contributed by atoms with E-state index in [1.54, 1.807) is 19.2 Å². The highest BCUT2D eigenvalue weighted by atomic mass is 79.9. The van der Waals surface area contributed by atoms with Crippen LogP contribution in [0.25, 0.3) is 11.3 Å². The minimum atomic E-state index is -0.352. The summed E-state index contributed by atoms with van der Waals surface area (Å²) in [6.45, 7) is 0.203. The monoisotopic (exact) mass is 449 g/mol. The molecule has 0 fully saturated rings. The van der Waals surface area contributed by atoms with E-state index < -0.39 is 0 Å². The van der Waals surface area contributed by atoms with Gasteiger partial charge in [-0.15, -0.1) is 11.3 Å². The molecule has 0 radical (unpaired) electrons. The summed E-state index contributed by atoms with van der Waals surface area (Å²) in [5, 5.41) is 7.72. The Hall–Kier alpha value is -2.65. The number of halogens is 1. The second kappa shape index (κ2) is 8.83. The molecule has 3 rings (SSSR count). The van der Waals surface area contributed by atoms with Crippen molar-refractivity contribution in [1.82, 2.24) is 10.3 Å². The number of nitrogens with one attached hydrogen (secondary N) is 2. The van der Waals surface area contributed by atoms with E-state index >= 15 is 0 Å². The molecule has 0 atom stereocenters. The van der Waals surface area contributed by atoms with Gasteiger partial charge in [-0.05, 0) is 46.3 Å². The molecule has 7 nitrogen and oxygen atoms in total. The van der Waals surface area contributed by atoms with Crippen molar-refractivity contribution in [3.63, 3.8) is 0 Å². The molecule has 0 spiro atoms. The molecule has 0 aliphatic heterocycles. The summed E-state index contributed by atoms with van der Waals surface area (Å²) in [6.07, 6.45) is 1.55. The fourth-order valence-corrected chi connectivity index (χ4v) is 3.53. The molecule has 0 bridgehead atoms. The molecule has 3 aromatic rings. The van der Waals surface area contributed by atoms with Crippen LogP contribution < -0.4 is 15.4 Å². The predicted molar refractivity (Wildman–Crippen MR) is 106 cm³/mol. The molecule has 0 unspecified atom stereocenters. The molecule has 9 heteroatoms. The van der Waals surface area contributed by atoms with Crippen molar-refractivity contribution in [3.05, 3.63) is 52.2 Å². The zero-order valence-corrected chi connectivity index (χ0v) is 16.7. The Morgan fingerprint density at radius 1 is 1.33 bits per heavy atom. The van der Waals surface area contributed by atoms with Crippen LogP contribution in [0.3, 0.4) is 0 Å². The van der Waals surface area contributed by atoms with Crippen molar-refractivity contribution < 1.29 is 18.7 Å². The van der Waals surface area contributed by atoms with E-state index in [9.17, 15) is 9.59 Å². The number of hydrogen-bond donors (Lipinski definition) is 2. The van der Waals surface area contributed by atoms with E-state index in [1.165, 1.54) is 17.6 Å². The Morgan fingerprint density at radius 3 is 2.89 bits per heavy atom. The summed E-state index contributed by atoms with van der Waals surface area (Å²) in [6, 6.07) is 8.84. The van der Waals surface area contributed by atoms with Crippen LogP contribution in [-0.2, 0) is 4.79 Å². The number of anilines is 1. The van der Waals surface area contributed by atoms with E-state index in [4.69, 9.17) is 9.15 Å². The van der Waals surface area contributed by atoms with Gasteiger partial charge in [0, 0.05) is 23.9 Å². The lowest BCUT2D eigenvalue weighted by Crippen LogP contribution is -2.27. The maximum absolute atomic E-state index is 12.0. The van der Waals surface area contributed by atoms with Crippen LogP contribution in [0.2, 0.25) is 0 Å². The van der Waals surface area contributed by atoms with Crippen molar-refractivity contribution >= 4 is 44.2 Å². The third kappa shape index (κ3) is 4.95. The number of ether oxygens (including phenoxy) is 1. The number of amides is 2. The Balaban J connectivity index is 1.52. The van der Waals surface area contributed by atoms with Gasteiger partial charge in [-0.25, -0.2) is 4.98 Å². The number of furan rings is 1. The number of aromatic nitrogens is 1. The molecule has 0 saturated heterocycles. The molecule has 27 heavy (non-hydrogen) atoms. The van der Waals surface area contributed by atoms with Crippen LogP contribution in [0.15, 0.2) is 50.9 Å². The SMILES string of the molecule is COc1ccc(-c2csc(NC(=O)CCNC(=O)c3ccco3)n2)cc1Br. The number of nitrogens with zero attached hydrogens (tertiary/aromatic N) is 1. The summed E-state index contributed by atoms with van der Waals surface area (Å²) >= 11 is 4.78. The summed E-state index contributed by atoms with van der Waals surface area (Å²) in [7, 11) is 1.60. The topological polar surface area (TPSA) is 93.5 Å². The van der Waals surface area contributed by atoms with Crippen molar-refractivity contribution in [3.8, 4) is 17.0 Å².